The van der Waals surface area contributed by atoms with E-state index in [0.717, 1.165) is 23.6 Å². The Balaban J connectivity index is 1.52. The van der Waals surface area contributed by atoms with E-state index in [0.29, 0.717) is 12.5 Å². The van der Waals surface area contributed by atoms with E-state index in [1.807, 2.05) is 24.3 Å². The molecular weight excluding hydrogens is 296 g/mol. The second-order valence-electron chi connectivity index (χ2n) is 5.86. The van der Waals surface area contributed by atoms with Crippen molar-refractivity contribution in [2.24, 2.45) is 10.7 Å². The summed E-state index contributed by atoms with van der Waals surface area (Å²) in [6, 6.07) is 7.68. The number of nitrogens with one attached hydrogen (secondary N) is 1. The van der Waals surface area contributed by atoms with E-state index in [4.69, 9.17) is 17.3 Å². The van der Waals surface area contributed by atoms with Gasteiger partial charge in [-0.25, -0.2) is 4.99 Å². The van der Waals surface area contributed by atoms with E-state index in [-0.39, 0.29) is 0 Å². The number of guanidine groups is 1. The number of nitrogens with two attached hydrogens (primary N) is 1. The number of halogens is 1. The van der Waals surface area contributed by atoms with E-state index in [1.165, 1.54) is 45.3 Å². The fourth-order valence-electron chi connectivity index (χ4n) is 2.68. The van der Waals surface area contributed by atoms with Gasteiger partial charge < -0.3 is 16.0 Å². The number of hydrogen-bond donors (Lipinski definition) is 2. The Bertz CT molecular complexity index is 452. The first-order valence-corrected chi connectivity index (χ1v) is 8.62. The van der Waals surface area contributed by atoms with Gasteiger partial charge in [-0.15, -0.1) is 0 Å². The van der Waals surface area contributed by atoms with Gasteiger partial charge in [0.25, 0.3) is 0 Å². The standard InChI is InChI=1S/C17H27ClN4/c18-16-8-6-15(7-9-16)14-21-17(19)20-10-2-1-3-11-22-12-4-5-13-22/h6-9H,1-5,10-14H2,(H3,19,20,21). The third-order valence-electron chi connectivity index (χ3n) is 4.00. The Morgan fingerprint density at radius 1 is 1.14 bits per heavy atom. The first kappa shape index (κ1) is 17.1. The van der Waals surface area contributed by atoms with Crippen LogP contribution in [-0.4, -0.2) is 37.0 Å². The summed E-state index contributed by atoms with van der Waals surface area (Å²) in [5.74, 6) is 0.523. The lowest BCUT2D eigenvalue weighted by atomic mass is 10.2. The van der Waals surface area contributed by atoms with Crippen molar-refractivity contribution in [2.45, 2.75) is 38.6 Å². The number of aliphatic imine (C=N–C) groups is 1. The molecule has 4 nitrogen and oxygen atoms in total. The van der Waals surface area contributed by atoms with Crippen molar-refractivity contribution in [1.29, 1.82) is 0 Å². The van der Waals surface area contributed by atoms with E-state index in [2.05, 4.69) is 15.2 Å². The van der Waals surface area contributed by atoms with Crippen LogP contribution < -0.4 is 11.1 Å². The van der Waals surface area contributed by atoms with Gasteiger partial charge in [0.2, 0.25) is 0 Å². The van der Waals surface area contributed by atoms with E-state index >= 15 is 0 Å². The monoisotopic (exact) mass is 322 g/mol. The third-order valence-corrected chi connectivity index (χ3v) is 4.25. The lowest BCUT2D eigenvalue weighted by Crippen LogP contribution is -2.32. The Labute approximate surface area is 138 Å². The summed E-state index contributed by atoms with van der Waals surface area (Å²) in [4.78, 5) is 6.90. The molecule has 122 valence electrons. The molecule has 0 aromatic heterocycles. The maximum atomic E-state index is 5.87. The van der Waals surface area contributed by atoms with Crippen molar-refractivity contribution < 1.29 is 0 Å². The van der Waals surface area contributed by atoms with Gasteiger partial charge in [0, 0.05) is 11.6 Å². The Morgan fingerprint density at radius 2 is 1.86 bits per heavy atom. The SMILES string of the molecule is NC(=NCc1ccc(Cl)cc1)NCCCCCN1CCCC1. The third kappa shape index (κ3) is 6.67. The predicted octanol–water partition coefficient (Wildman–Crippen LogP) is 3.01. The zero-order chi connectivity index (χ0) is 15.6. The van der Waals surface area contributed by atoms with Crippen LogP contribution in [0.5, 0.6) is 0 Å². The highest BCUT2D eigenvalue weighted by atomic mass is 35.5. The zero-order valence-corrected chi connectivity index (χ0v) is 14.0. The average molecular weight is 323 g/mol. The predicted molar refractivity (Wildman–Crippen MR) is 94.3 cm³/mol. The van der Waals surface area contributed by atoms with Crippen molar-refractivity contribution in [3.63, 3.8) is 0 Å². The molecule has 1 fully saturated rings. The first-order valence-electron chi connectivity index (χ1n) is 8.24. The molecule has 0 bridgehead atoms. The molecule has 0 aliphatic carbocycles. The number of hydrogen-bond acceptors (Lipinski definition) is 2. The molecule has 0 unspecified atom stereocenters. The number of likely N-dealkylation sites (tertiary alicyclic amines) is 1. The molecule has 0 spiro atoms. The average Bonchev–Trinajstić information content (AvgIpc) is 3.03. The molecule has 1 saturated heterocycles. The fraction of sp³-hybridized carbons (Fsp3) is 0.588. The van der Waals surface area contributed by atoms with Crippen LogP contribution >= 0.6 is 11.6 Å². The molecule has 0 amide bonds. The summed E-state index contributed by atoms with van der Waals surface area (Å²) < 4.78 is 0. The minimum Gasteiger partial charge on any atom is -0.370 e. The summed E-state index contributed by atoms with van der Waals surface area (Å²) in [7, 11) is 0. The summed E-state index contributed by atoms with van der Waals surface area (Å²) in [6.07, 6.45) is 6.42. The molecule has 1 aromatic carbocycles. The van der Waals surface area contributed by atoms with Gasteiger partial charge in [-0.05, 0) is 63.0 Å². The summed E-state index contributed by atoms with van der Waals surface area (Å²) in [5, 5.41) is 3.92. The van der Waals surface area contributed by atoms with Crippen molar-refractivity contribution in [1.82, 2.24) is 10.2 Å². The van der Waals surface area contributed by atoms with Crippen LogP contribution in [0, 0.1) is 0 Å². The molecule has 1 aromatic rings. The van der Waals surface area contributed by atoms with Gasteiger partial charge in [-0.2, -0.15) is 0 Å². The molecule has 5 heteroatoms. The summed E-state index contributed by atoms with van der Waals surface area (Å²) in [6.45, 7) is 5.33. The number of nitrogens with zero attached hydrogens (tertiary/aromatic N) is 2. The normalized spacial score (nSPS) is 16.1. The van der Waals surface area contributed by atoms with Crippen molar-refractivity contribution >= 4 is 17.6 Å². The number of unbranched alkanes of at least 4 members (excludes halogenated alkanes) is 2. The van der Waals surface area contributed by atoms with Crippen LogP contribution in [0.1, 0.15) is 37.7 Å². The topological polar surface area (TPSA) is 53.6 Å². The Morgan fingerprint density at radius 3 is 2.59 bits per heavy atom. The molecule has 0 atom stereocenters. The molecular formula is C17H27ClN4. The van der Waals surface area contributed by atoms with Crippen LogP contribution in [0.2, 0.25) is 5.02 Å². The van der Waals surface area contributed by atoms with Gasteiger partial charge in [0.1, 0.15) is 0 Å². The molecule has 0 saturated carbocycles. The lowest BCUT2D eigenvalue weighted by Gasteiger charge is -2.13. The van der Waals surface area contributed by atoms with Gasteiger partial charge >= 0.3 is 0 Å². The summed E-state index contributed by atoms with van der Waals surface area (Å²) >= 11 is 5.85. The second-order valence-corrected chi connectivity index (χ2v) is 6.30. The Hall–Kier alpha value is -1.26. The number of benzene rings is 1. The van der Waals surface area contributed by atoms with Gasteiger partial charge in [0.15, 0.2) is 5.96 Å². The number of rotatable bonds is 8. The first-order chi connectivity index (χ1) is 10.7. The zero-order valence-electron chi connectivity index (χ0n) is 13.2. The van der Waals surface area contributed by atoms with E-state index in [1.54, 1.807) is 0 Å². The second kappa shape index (κ2) is 9.70. The maximum Gasteiger partial charge on any atom is 0.188 e. The van der Waals surface area contributed by atoms with Gasteiger partial charge in [-0.1, -0.05) is 30.2 Å². The van der Waals surface area contributed by atoms with Crippen molar-refractivity contribution in [2.75, 3.05) is 26.2 Å². The highest BCUT2D eigenvalue weighted by Crippen LogP contribution is 2.10. The summed E-state index contributed by atoms with van der Waals surface area (Å²) in [5.41, 5.74) is 6.98. The molecule has 22 heavy (non-hydrogen) atoms. The Kier molecular flexibility index (Phi) is 7.54. The fourth-order valence-corrected chi connectivity index (χ4v) is 2.81. The van der Waals surface area contributed by atoms with Gasteiger partial charge in [0.05, 0.1) is 6.54 Å². The van der Waals surface area contributed by atoms with Crippen LogP contribution in [0.15, 0.2) is 29.3 Å². The van der Waals surface area contributed by atoms with Crippen LogP contribution in [0.4, 0.5) is 0 Å². The van der Waals surface area contributed by atoms with Crippen molar-refractivity contribution in [3.8, 4) is 0 Å². The van der Waals surface area contributed by atoms with E-state index < -0.39 is 0 Å². The maximum absolute atomic E-state index is 5.87. The quantitative estimate of drug-likeness (QED) is 0.439. The van der Waals surface area contributed by atoms with Crippen LogP contribution in [-0.2, 0) is 6.54 Å². The van der Waals surface area contributed by atoms with Crippen molar-refractivity contribution in [3.05, 3.63) is 34.9 Å². The van der Waals surface area contributed by atoms with Gasteiger partial charge in [-0.3, -0.25) is 0 Å². The largest absolute Gasteiger partial charge is 0.370 e. The van der Waals surface area contributed by atoms with E-state index in [9.17, 15) is 0 Å². The molecule has 2 rings (SSSR count). The molecule has 3 N–H and O–H groups in total. The molecule has 1 heterocycles. The highest BCUT2D eigenvalue weighted by Gasteiger charge is 2.09. The minimum atomic E-state index is 0.523. The molecule has 1 aliphatic rings. The van der Waals surface area contributed by atoms with Crippen LogP contribution in [0.3, 0.4) is 0 Å². The smallest absolute Gasteiger partial charge is 0.188 e. The minimum absolute atomic E-state index is 0.523. The molecule has 1 aliphatic heterocycles. The van der Waals surface area contributed by atoms with Crippen LogP contribution in [0.25, 0.3) is 0 Å². The highest BCUT2D eigenvalue weighted by molar-refractivity contribution is 6.30. The molecule has 0 radical (unpaired) electrons. The lowest BCUT2D eigenvalue weighted by molar-refractivity contribution is 0.328.